The molecular formula is C13H20O5. The third-order valence-corrected chi connectivity index (χ3v) is 3.29. The second kappa shape index (κ2) is 5.80. The molecule has 2 saturated heterocycles. The van der Waals surface area contributed by atoms with Gasteiger partial charge in [-0.15, -0.1) is 0 Å². The molecule has 0 aromatic heterocycles. The number of unbranched alkanes of at least 4 members (excludes halogenated alkanes) is 3. The highest BCUT2D eigenvalue weighted by Gasteiger charge is 2.58. The van der Waals surface area contributed by atoms with E-state index in [1.807, 2.05) is 0 Å². The van der Waals surface area contributed by atoms with Gasteiger partial charge in [0.05, 0.1) is 0 Å². The lowest BCUT2D eigenvalue weighted by Crippen LogP contribution is -2.43. The Morgan fingerprint density at radius 1 is 1.28 bits per heavy atom. The molecule has 2 rings (SSSR count). The van der Waals surface area contributed by atoms with Crippen molar-refractivity contribution in [3.8, 4) is 0 Å². The maximum atomic E-state index is 11.9. The fourth-order valence-electron chi connectivity index (χ4n) is 2.27. The van der Waals surface area contributed by atoms with Gasteiger partial charge in [0.15, 0.2) is 18.0 Å². The number of Topliss-reactive ketones (excluding diaryl/α,β-unsaturated/α-hetero) is 1. The first-order chi connectivity index (χ1) is 8.63. The van der Waals surface area contributed by atoms with Crippen molar-refractivity contribution in [3.63, 3.8) is 0 Å². The van der Waals surface area contributed by atoms with Gasteiger partial charge in [-0.25, -0.2) is 0 Å². The molecule has 4 atom stereocenters. The van der Waals surface area contributed by atoms with Gasteiger partial charge in [-0.2, -0.15) is 0 Å². The van der Waals surface area contributed by atoms with Gasteiger partial charge in [-0.3, -0.25) is 9.59 Å². The van der Waals surface area contributed by atoms with Crippen LogP contribution in [0.15, 0.2) is 0 Å². The number of hydrogen-bond donors (Lipinski definition) is 0. The molecule has 0 aromatic rings. The van der Waals surface area contributed by atoms with Crippen molar-refractivity contribution in [2.45, 2.75) is 70.6 Å². The molecule has 0 aromatic carbocycles. The zero-order valence-corrected chi connectivity index (χ0v) is 10.9. The Bertz CT molecular complexity index is 327. The summed E-state index contributed by atoms with van der Waals surface area (Å²) in [5, 5.41) is 0. The zero-order valence-electron chi connectivity index (χ0n) is 10.9. The fraction of sp³-hybridized carbons (Fsp3) is 0.846. The third kappa shape index (κ3) is 3.09. The molecule has 5 nitrogen and oxygen atoms in total. The van der Waals surface area contributed by atoms with Crippen LogP contribution in [-0.4, -0.2) is 36.4 Å². The second-order valence-corrected chi connectivity index (χ2v) is 4.88. The average Bonchev–Trinajstić information content (AvgIpc) is 3.10. The number of hydrogen-bond acceptors (Lipinski definition) is 5. The summed E-state index contributed by atoms with van der Waals surface area (Å²) in [7, 11) is 0. The largest absolute Gasteiger partial charge is 0.433 e. The number of ketones is 1. The van der Waals surface area contributed by atoms with Gasteiger partial charge in [0, 0.05) is 6.92 Å². The Kier molecular flexibility index (Phi) is 4.35. The molecule has 4 unspecified atom stereocenters. The molecule has 0 amide bonds. The highest BCUT2D eigenvalue weighted by molar-refractivity contribution is 5.91. The smallest absolute Gasteiger partial charge is 0.305 e. The standard InChI is InChI=1S/C13H20O5/c1-3-4-5-6-7-9-10(15)11-12(18-11)13(17-9)16-8(2)14/h9,11-13H,3-7H2,1-2H3. The SMILES string of the molecule is CCCCCCC1OC(OC(C)=O)C2OC2C1=O. The Labute approximate surface area is 107 Å². The van der Waals surface area contributed by atoms with Crippen LogP contribution < -0.4 is 0 Å². The van der Waals surface area contributed by atoms with Crippen LogP contribution in [0, 0.1) is 0 Å². The minimum absolute atomic E-state index is 0.0000921. The molecule has 2 aliphatic rings. The van der Waals surface area contributed by atoms with E-state index >= 15 is 0 Å². The molecule has 5 heteroatoms. The Morgan fingerprint density at radius 2 is 2.06 bits per heavy atom. The molecule has 0 bridgehead atoms. The van der Waals surface area contributed by atoms with E-state index in [0.29, 0.717) is 6.42 Å². The lowest BCUT2D eigenvalue weighted by atomic mass is 10.0. The summed E-state index contributed by atoms with van der Waals surface area (Å²) < 4.78 is 15.7. The third-order valence-electron chi connectivity index (χ3n) is 3.29. The van der Waals surface area contributed by atoms with Crippen LogP contribution in [0.1, 0.15) is 46.0 Å². The maximum absolute atomic E-state index is 11.9. The van der Waals surface area contributed by atoms with Crippen molar-refractivity contribution < 1.29 is 23.8 Å². The maximum Gasteiger partial charge on any atom is 0.305 e. The number of epoxide rings is 1. The predicted molar refractivity (Wildman–Crippen MR) is 62.9 cm³/mol. The molecule has 0 saturated carbocycles. The van der Waals surface area contributed by atoms with E-state index < -0.39 is 24.5 Å². The zero-order chi connectivity index (χ0) is 13.1. The number of fused-ring (bicyclic) bond motifs is 1. The van der Waals surface area contributed by atoms with Gasteiger partial charge in [-0.05, 0) is 6.42 Å². The van der Waals surface area contributed by atoms with Gasteiger partial charge in [-0.1, -0.05) is 32.6 Å². The number of carbonyl (C=O) groups is 2. The summed E-state index contributed by atoms with van der Waals surface area (Å²) in [6.07, 6.45) is 3.07. The molecule has 0 spiro atoms. The molecule has 2 fully saturated rings. The van der Waals surface area contributed by atoms with Crippen LogP contribution in [0.25, 0.3) is 0 Å². The molecule has 0 radical (unpaired) electrons. The number of esters is 1. The van der Waals surface area contributed by atoms with Crippen LogP contribution >= 0.6 is 0 Å². The fourth-order valence-corrected chi connectivity index (χ4v) is 2.27. The predicted octanol–water partition coefficient (Wildman–Crippen LogP) is 1.58. The van der Waals surface area contributed by atoms with Crippen molar-refractivity contribution >= 4 is 11.8 Å². The normalized spacial score (nSPS) is 34.0. The quantitative estimate of drug-likeness (QED) is 0.410. The van der Waals surface area contributed by atoms with Crippen LogP contribution in [0.2, 0.25) is 0 Å². The van der Waals surface area contributed by atoms with E-state index in [-0.39, 0.29) is 11.9 Å². The van der Waals surface area contributed by atoms with Gasteiger partial charge in [0.25, 0.3) is 0 Å². The van der Waals surface area contributed by atoms with Crippen LogP contribution in [0.5, 0.6) is 0 Å². The highest BCUT2D eigenvalue weighted by Crippen LogP contribution is 2.36. The summed E-state index contributed by atoms with van der Waals surface area (Å²) in [6.45, 7) is 3.47. The van der Waals surface area contributed by atoms with Crippen molar-refractivity contribution in [1.82, 2.24) is 0 Å². The van der Waals surface area contributed by atoms with Gasteiger partial charge < -0.3 is 14.2 Å². The molecular weight excluding hydrogens is 236 g/mol. The van der Waals surface area contributed by atoms with E-state index in [4.69, 9.17) is 14.2 Å². The minimum Gasteiger partial charge on any atom is -0.433 e. The first-order valence-electron chi connectivity index (χ1n) is 6.65. The van der Waals surface area contributed by atoms with E-state index in [0.717, 1.165) is 25.7 Å². The molecule has 102 valence electrons. The minimum atomic E-state index is -0.707. The van der Waals surface area contributed by atoms with Crippen molar-refractivity contribution in [2.75, 3.05) is 0 Å². The van der Waals surface area contributed by atoms with Crippen molar-refractivity contribution in [3.05, 3.63) is 0 Å². The number of ether oxygens (including phenoxy) is 3. The van der Waals surface area contributed by atoms with Crippen LogP contribution in [0.3, 0.4) is 0 Å². The van der Waals surface area contributed by atoms with Crippen LogP contribution in [0.4, 0.5) is 0 Å². The Balaban J connectivity index is 1.82. The topological polar surface area (TPSA) is 65.1 Å². The highest BCUT2D eigenvalue weighted by atomic mass is 16.7. The lowest BCUT2D eigenvalue weighted by Gasteiger charge is -2.25. The van der Waals surface area contributed by atoms with E-state index in [1.54, 1.807) is 0 Å². The second-order valence-electron chi connectivity index (χ2n) is 4.88. The first kappa shape index (κ1) is 13.5. The number of rotatable bonds is 6. The molecule has 18 heavy (non-hydrogen) atoms. The lowest BCUT2D eigenvalue weighted by molar-refractivity contribution is -0.198. The molecule has 0 aliphatic carbocycles. The van der Waals surface area contributed by atoms with E-state index in [2.05, 4.69) is 6.92 Å². The molecule has 0 N–H and O–H groups in total. The molecule has 2 heterocycles. The Morgan fingerprint density at radius 3 is 2.72 bits per heavy atom. The summed E-state index contributed by atoms with van der Waals surface area (Å²) in [5.41, 5.74) is 0. The first-order valence-corrected chi connectivity index (χ1v) is 6.65. The Hall–Kier alpha value is -0.940. The van der Waals surface area contributed by atoms with E-state index in [9.17, 15) is 9.59 Å². The van der Waals surface area contributed by atoms with Crippen molar-refractivity contribution in [1.29, 1.82) is 0 Å². The number of carbonyl (C=O) groups excluding carboxylic acids is 2. The van der Waals surface area contributed by atoms with Crippen LogP contribution in [-0.2, 0) is 23.8 Å². The van der Waals surface area contributed by atoms with Gasteiger partial charge >= 0.3 is 5.97 Å². The summed E-state index contributed by atoms with van der Waals surface area (Å²) in [6, 6.07) is 0. The van der Waals surface area contributed by atoms with E-state index in [1.165, 1.54) is 6.92 Å². The van der Waals surface area contributed by atoms with Gasteiger partial charge in [0.2, 0.25) is 6.29 Å². The summed E-state index contributed by atoms with van der Waals surface area (Å²) in [4.78, 5) is 22.8. The summed E-state index contributed by atoms with van der Waals surface area (Å²) in [5.74, 6) is -0.409. The van der Waals surface area contributed by atoms with Gasteiger partial charge in [0.1, 0.15) is 6.10 Å². The monoisotopic (exact) mass is 256 g/mol. The average molecular weight is 256 g/mol. The molecule has 2 aliphatic heterocycles. The summed E-state index contributed by atoms with van der Waals surface area (Å²) >= 11 is 0. The van der Waals surface area contributed by atoms with Crippen molar-refractivity contribution in [2.24, 2.45) is 0 Å².